The van der Waals surface area contributed by atoms with Crippen molar-refractivity contribution >= 4 is 33.3 Å². The van der Waals surface area contributed by atoms with Crippen LogP contribution >= 0.6 is 27.3 Å². The molecule has 1 nitrogen and oxygen atoms in total. The fourth-order valence-corrected chi connectivity index (χ4v) is 3.46. The van der Waals surface area contributed by atoms with E-state index in [2.05, 4.69) is 84.5 Å². The Bertz CT molecular complexity index is 601. The maximum Gasteiger partial charge on any atom is 0.0349 e. The van der Waals surface area contributed by atoms with Crippen LogP contribution in [0, 0.1) is 0 Å². The summed E-state index contributed by atoms with van der Waals surface area (Å²) in [6, 6.07) is 13.3. The van der Waals surface area contributed by atoms with E-state index in [1.807, 2.05) is 11.3 Å². The molecule has 0 aliphatic heterocycles. The Kier molecular flexibility index (Phi) is 5.58. The van der Waals surface area contributed by atoms with Gasteiger partial charge in [0.15, 0.2) is 0 Å². The molecule has 0 saturated carbocycles. The summed E-state index contributed by atoms with van der Waals surface area (Å²) in [5.41, 5.74) is 2.64. The van der Waals surface area contributed by atoms with Crippen molar-refractivity contribution in [1.82, 2.24) is 5.32 Å². The average molecular weight is 350 g/mol. The highest BCUT2D eigenvalue weighted by atomic mass is 79.9. The summed E-state index contributed by atoms with van der Waals surface area (Å²) < 4.78 is 1.12. The predicted octanol–water partition coefficient (Wildman–Crippen LogP) is 5.58. The van der Waals surface area contributed by atoms with Gasteiger partial charge in [0.1, 0.15) is 0 Å². The number of likely N-dealkylation sites (N-methyl/N-ethyl adjacent to an activating group) is 1. The lowest BCUT2D eigenvalue weighted by atomic mass is 10.1. The molecule has 1 aromatic carbocycles. The monoisotopic (exact) mass is 349 g/mol. The van der Waals surface area contributed by atoms with Crippen LogP contribution < -0.4 is 5.32 Å². The lowest BCUT2D eigenvalue weighted by Crippen LogP contribution is -2.26. The van der Waals surface area contributed by atoms with Crippen LogP contribution in [-0.2, 0) is 0 Å². The Balaban J connectivity index is 2.19. The summed E-state index contributed by atoms with van der Waals surface area (Å²) in [6.45, 7) is 7.53. The largest absolute Gasteiger partial charge is 0.311 e. The maximum atomic E-state index is 3.53. The van der Waals surface area contributed by atoms with E-state index in [0.717, 1.165) is 11.0 Å². The third-order valence-corrected chi connectivity index (χ3v) is 4.87. The number of halogens is 1. The highest BCUT2D eigenvalue weighted by Gasteiger charge is 2.05. The van der Waals surface area contributed by atoms with Crippen molar-refractivity contribution in [3.63, 3.8) is 0 Å². The Morgan fingerprint density at radius 2 is 2.15 bits per heavy atom. The van der Waals surface area contributed by atoms with E-state index in [-0.39, 0.29) is 0 Å². The van der Waals surface area contributed by atoms with Crippen LogP contribution in [0.3, 0.4) is 0 Å². The minimum atomic E-state index is 0.427. The van der Waals surface area contributed by atoms with Crippen molar-refractivity contribution < 1.29 is 0 Å². The molecule has 2 aromatic rings. The second-order valence-electron chi connectivity index (χ2n) is 4.88. The van der Waals surface area contributed by atoms with Crippen molar-refractivity contribution in [3.05, 3.63) is 51.3 Å². The molecule has 0 radical (unpaired) electrons. The van der Waals surface area contributed by atoms with Crippen molar-refractivity contribution in [1.29, 1.82) is 0 Å². The van der Waals surface area contributed by atoms with Crippen LogP contribution in [0.25, 0.3) is 16.5 Å². The van der Waals surface area contributed by atoms with Gasteiger partial charge in [-0.2, -0.15) is 0 Å². The number of hydrogen-bond donors (Lipinski definition) is 1. The minimum Gasteiger partial charge on any atom is -0.311 e. The molecule has 20 heavy (non-hydrogen) atoms. The first-order chi connectivity index (χ1) is 9.60. The third-order valence-electron chi connectivity index (χ3n) is 3.30. The van der Waals surface area contributed by atoms with Gasteiger partial charge in [-0.1, -0.05) is 40.6 Å². The number of benzene rings is 1. The summed E-state index contributed by atoms with van der Waals surface area (Å²) in [5.74, 6) is 0. The molecule has 2 rings (SSSR count). The van der Waals surface area contributed by atoms with Gasteiger partial charge in [0.05, 0.1) is 0 Å². The van der Waals surface area contributed by atoms with Gasteiger partial charge in [-0.05, 0) is 56.3 Å². The van der Waals surface area contributed by atoms with Gasteiger partial charge in [0, 0.05) is 20.3 Å². The minimum absolute atomic E-state index is 0.427. The highest BCUT2D eigenvalue weighted by molar-refractivity contribution is 9.10. The smallest absolute Gasteiger partial charge is 0.0349 e. The summed E-state index contributed by atoms with van der Waals surface area (Å²) in [7, 11) is 0. The quantitative estimate of drug-likeness (QED) is 0.742. The zero-order chi connectivity index (χ0) is 14.5. The Morgan fingerprint density at radius 1 is 1.35 bits per heavy atom. The van der Waals surface area contributed by atoms with E-state index in [4.69, 9.17) is 0 Å². The second-order valence-corrected chi connectivity index (χ2v) is 6.91. The van der Waals surface area contributed by atoms with E-state index in [1.165, 1.54) is 20.9 Å². The zero-order valence-electron chi connectivity index (χ0n) is 12.1. The van der Waals surface area contributed by atoms with Crippen molar-refractivity contribution in [2.24, 2.45) is 0 Å². The van der Waals surface area contributed by atoms with Crippen molar-refractivity contribution in [2.75, 3.05) is 6.54 Å². The fraction of sp³-hybridized carbons (Fsp3) is 0.294. The Labute approximate surface area is 133 Å². The van der Waals surface area contributed by atoms with Crippen LogP contribution in [0.2, 0.25) is 0 Å². The molecule has 1 atom stereocenters. The van der Waals surface area contributed by atoms with Crippen LogP contribution in [-0.4, -0.2) is 12.6 Å². The van der Waals surface area contributed by atoms with Gasteiger partial charge in [-0.3, -0.25) is 0 Å². The average Bonchev–Trinajstić information content (AvgIpc) is 2.87. The number of hydrogen-bond acceptors (Lipinski definition) is 2. The van der Waals surface area contributed by atoms with Gasteiger partial charge in [-0.15, -0.1) is 11.3 Å². The Hall–Kier alpha value is -0.900. The molecular formula is C17H20BrNS. The van der Waals surface area contributed by atoms with Crippen LogP contribution in [0.5, 0.6) is 0 Å². The fourth-order valence-electron chi connectivity index (χ4n) is 2.04. The summed E-state index contributed by atoms with van der Waals surface area (Å²) >= 11 is 5.36. The van der Waals surface area contributed by atoms with E-state index >= 15 is 0 Å². The molecule has 3 heteroatoms. The lowest BCUT2D eigenvalue weighted by molar-refractivity contribution is 0.636. The highest BCUT2D eigenvalue weighted by Crippen LogP contribution is 2.31. The van der Waals surface area contributed by atoms with E-state index in [0.29, 0.717) is 6.04 Å². The number of rotatable bonds is 5. The molecule has 0 saturated heterocycles. The molecule has 0 bridgehead atoms. The molecule has 0 spiro atoms. The molecule has 0 aliphatic rings. The van der Waals surface area contributed by atoms with Gasteiger partial charge in [0.2, 0.25) is 0 Å². The van der Waals surface area contributed by atoms with Gasteiger partial charge >= 0.3 is 0 Å². The molecule has 1 heterocycles. The summed E-state index contributed by atoms with van der Waals surface area (Å²) in [6.07, 6.45) is 2.28. The maximum absolute atomic E-state index is 3.53. The van der Waals surface area contributed by atoms with Crippen molar-refractivity contribution in [3.8, 4) is 10.4 Å². The molecule has 0 amide bonds. The predicted molar refractivity (Wildman–Crippen MR) is 94.2 cm³/mol. The SMILES string of the molecule is CCNC(C)/C(C)=C/c1ccc(-c2cccc(Br)c2)s1. The molecule has 1 unspecified atom stereocenters. The number of nitrogens with one attached hydrogen (secondary N) is 1. The normalized spacial score (nSPS) is 13.5. The zero-order valence-corrected chi connectivity index (χ0v) is 14.5. The lowest BCUT2D eigenvalue weighted by Gasteiger charge is -2.12. The van der Waals surface area contributed by atoms with Crippen LogP contribution in [0.4, 0.5) is 0 Å². The first-order valence-electron chi connectivity index (χ1n) is 6.87. The topological polar surface area (TPSA) is 12.0 Å². The number of thiophene rings is 1. The van der Waals surface area contributed by atoms with Crippen LogP contribution in [0.15, 0.2) is 46.4 Å². The summed E-state index contributed by atoms with van der Waals surface area (Å²) in [5, 5.41) is 3.44. The second kappa shape index (κ2) is 7.21. The Morgan fingerprint density at radius 3 is 2.85 bits per heavy atom. The molecule has 1 N–H and O–H groups in total. The van der Waals surface area contributed by atoms with Gasteiger partial charge in [-0.25, -0.2) is 0 Å². The first-order valence-corrected chi connectivity index (χ1v) is 8.48. The molecule has 0 aliphatic carbocycles. The van der Waals surface area contributed by atoms with E-state index in [9.17, 15) is 0 Å². The summed E-state index contributed by atoms with van der Waals surface area (Å²) in [4.78, 5) is 2.61. The standard InChI is InChI=1S/C17H20BrNS/c1-4-19-13(3)12(2)10-16-8-9-17(20-16)14-6-5-7-15(18)11-14/h5-11,13,19H,4H2,1-3H3/b12-10+. The van der Waals surface area contributed by atoms with Crippen molar-refractivity contribution in [2.45, 2.75) is 26.8 Å². The molecule has 106 valence electrons. The van der Waals surface area contributed by atoms with E-state index < -0.39 is 0 Å². The van der Waals surface area contributed by atoms with E-state index in [1.54, 1.807) is 0 Å². The van der Waals surface area contributed by atoms with Gasteiger partial charge < -0.3 is 5.32 Å². The molecule has 1 aromatic heterocycles. The van der Waals surface area contributed by atoms with Crippen LogP contribution in [0.1, 0.15) is 25.6 Å². The molecular weight excluding hydrogens is 330 g/mol. The third kappa shape index (κ3) is 4.05. The van der Waals surface area contributed by atoms with Gasteiger partial charge in [0.25, 0.3) is 0 Å². The first kappa shape index (κ1) is 15.5. The molecule has 0 fully saturated rings.